The number of hydrogen-bond acceptors (Lipinski definition) is 4. The topological polar surface area (TPSA) is 70.0 Å². The van der Waals surface area contributed by atoms with Gasteiger partial charge in [0.15, 0.2) is 0 Å². The number of carbonyl (C=O) groups is 1. The average molecular weight is 440 g/mol. The molecule has 0 amide bonds. The maximum Gasteiger partial charge on any atom is 0.335 e. The van der Waals surface area contributed by atoms with Gasteiger partial charge in [0, 0.05) is 41.9 Å². The van der Waals surface area contributed by atoms with E-state index in [0.29, 0.717) is 11.3 Å². The van der Waals surface area contributed by atoms with Crippen LogP contribution in [0.1, 0.15) is 46.8 Å². The third kappa shape index (κ3) is 3.46. The molecule has 1 aliphatic heterocycles. The third-order valence-corrected chi connectivity index (χ3v) is 6.45. The molecule has 0 saturated carbocycles. The van der Waals surface area contributed by atoms with Crippen LogP contribution in [0.2, 0.25) is 0 Å². The molecule has 1 aliphatic rings. The largest absolute Gasteiger partial charge is 0.508 e. The maximum atomic E-state index is 12.1. The second kappa shape index (κ2) is 8.17. The number of aromatic carboxylic acids is 1. The van der Waals surface area contributed by atoms with Crippen LogP contribution in [0, 0.1) is 0 Å². The summed E-state index contributed by atoms with van der Waals surface area (Å²) >= 11 is 0. The van der Waals surface area contributed by atoms with E-state index in [-0.39, 0.29) is 17.2 Å². The minimum atomic E-state index is -0.969. The number of ether oxygens (including phenoxy) is 1. The Bertz CT molecular complexity index is 1370. The van der Waals surface area contributed by atoms with E-state index < -0.39 is 5.97 Å². The van der Waals surface area contributed by atoms with Crippen molar-refractivity contribution in [1.29, 1.82) is 0 Å². The third-order valence-electron chi connectivity index (χ3n) is 6.45. The first-order valence-corrected chi connectivity index (χ1v) is 11.2. The highest BCUT2D eigenvalue weighted by atomic mass is 16.5. The molecule has 4 aromatic rings. The van der Waals surface area contributed by atoms with Gasteiger partial charge >= 0.3 is 5.97 Å². The van der Waals surface area contributed by atoms with E-state index in [4.69, 9.17) is 4.74 Å². The van der Waals surface area contributed by atoms with Gasteiger partial charge in [-0.2, -0.15) is 0 Å². The summed E-state index contributed by atoms with van der Waals surface area (Å²) in [6.07, 6.45) is 0. The van der Waals surface area contributed by atoms with Crippen LogP contribution in [0.15, 0.2) is 72.8 Å². The number of nitrogens with zero attached hydrogens (tertiary/aromatic N) is 1. The average Bonchev–Trinajstić information content (AvgIpc) is 2.83. The molecule has 33 heavy (non-hydrogen) atoms. The van der Waals surface area contributed by atoms with Crippen LogP contribution in [-0.2, 0) is 0 Å². The second-order valence-corrected chi connectivity index (χ2v) is 8.20. The van der Waals surface area contributed by atoms with Gasteiger partial charge in [-0.1, -0.05) is 36.4 Å². The van der Waals surface area contributed by atoms with Crippen molar-refractivity contribution in [2.24, 2.45) is 0 Å². The van der Waals surface area contributed by atoms with E-state index in [9.17, 15) is 15.0 Å². The second-order valence-electron chi connectivity index (χ2n) is 8.20. The Hall–Kier alpha value is -3.99. The zero-order chi connectivity index (χ0) is 23.1. The van der Waals surface area contributed by atoms with Gasteiger partial charge in [0.1, 0.15) is 17.2 Å². The molecule has 0 radical (unpaired) electrons. The monoisotopic (exact) mass is 439 g/mol. The summed E-state index contributed by atoms with van der Waals surface area (Å²) in [5.41, 5.74) is 3.78. The molecule has 0 aromatic heterocycles. The lowest BCUT2D eigenvalue weighted by atomic mass is 9.78. The summed E-state index contributed by atoms with van der Waals surface area (Å²) in [7, 11) is 0. The predicted octanol–water partition coefficient (Wildman–Crippen LogP) is 6.38. The van der Waals surface area contributed by atoms with Gasteiger partial charge in [-0.15, -0.1) is 0 Å². The standard InChI is InChI=1S/C28H25NO4/c1-3-29(4-2)18-11-13-22-25(15-18)33-24-14-10-17-9-12-19(30)16-23(17)27(24)26(22)20-7-5-6-8-21(20)28(31)32/h5-16,26,30H,3-4H2,1-2H3,(H,31,32). The first-order valence-electron chi connectivity index (χ1n) is 11.2. The Kier molecular flexibility index (Phi) is 5.17. The highest BCUT2D eigenvalue weighted by Gasteiger charge is 2.33. The van der Waals surface area contributed by atoms with Crippen LogP contribution in [0.25, 0.3) is 10.8 Å². The summed E-state index contributed by atoms with van der Waals surface area (Å²) in [6, 6.07) is 22.4. The molecule has 166 valence electrons. The van der Waals surface area contributed by atoms with Crippen LogP contribution < -0.4 is 9.64 Å². The molecule has 0 fully saturated rings. The van der Waals surface area contributed by atoms with Crippen molar-refractivity contribution in [3.8, 4) is 17.2 Å². The van der Waals surface area contributed by atoms with Crippen LogP contribution in [-0.4, -0.2) is 29.3 Å². The maximum absolute atomic E-state index is 12.1. The van der Waals surface area contributed by atoms with Crippen LogP contribution in [0.4, 0.5) is 5.69 Å². The van der Waals surface area contributed by atoms with E-state index in [2.05, 4.69) is 24.8 Å². The molecular weight excluding hydrogens is 414 g/mol. The summed E-state index contributed by atoms with van der Waals surface area (Å²) in [6.45, 7) is 5.98. The Labute approximate surface area is 192 Å². The summed E-state index contributed by atoms with van der Waals surface area (Å²) in [4.78, 5) is 14.4. The molecule has 1 heterocycles. The van der Waals surface area contributed by atoms with Crippen molar-refractivity contribution >= 4 is 22.4 Å². The first-order chi connectivity index (χ1) is 16.0. The van der Waals surface area contributed by atoms with Gasteiger partial charge in [0.2, 0.25) is 0 Å². The molecule has 5 heteroatoms. The van der Waals surface area contributed by atoms with E-state index >= 15 is 0 Å². The molecule has 0 aliphatic carbocycles. The van der Waals surface area contributed by atoms with Crippen molar-refractivity contribution in [2.45, 2.75) is 19.8 Å². The van der Waals surface area contributed by atoms with Crippen LogP contribution in [0.3, 0.4) is 0 Å². The van der Waals surface area contributed by atoms with Gasteiger partial charge in [0.05, 0.1) is 5.56 Å². The Morgan fingerprint density at radius 1 is 0.909 bits per heavy atom. The SMILES string of the molecule is CCN(CC)c1ccc2c(c1)Oc1ccc3ccc(O)cc3c1C2c1ccccc1C(=O)O. The molecule has 4 aromatic carbocycles. The highest BCUT2D eigenvalue weighted by molar-refractivity contribution is 5.94. The van der Waals surface area contributed by atoms with Crippen LogP contribution >= 0.6 is 0 Å². The number of anilines is 1. The van der Waals surface area contributed by atoms with Crippen molar-refractivity contribution in [1.82, 2.24) is 0 Å². The lowest BCUT2D eigenvalue weighted by Gasteiger charge is -2.32. The normalized spacial score (nSPS) is 14.3. The summed E-state index contributed by atoms with van der Waals surface area (Å²) in [5, 5.41) is 22.0. The highest BCUT2D eigenvalue weighted by Crippen LogP contribution is 2.51. The number of aromatic hydroxyl groups is 1. The van der Waals surface area contributed by atoms with Gasteiger partial charge < -0.3 is 19.8 Å². The number of hydrogen-bond donors (Lipinski definition) is 2. The number of carboxylic acid groups (broad SMARTS) is 1. The molecule has 5 rings (SSSR count). The number of phenolic OH excluding ortho intramolecular Hbond substituents is 1. The van der Waals surface area contributed by atoms with E-state index in [1.165, 1.54) is 0 Å². The van der Waals surface area contributed by atoms with Gasteiger partial charge in [-0.05, 0) is 60.5 Å². The van der Waals surface area contributed by atoms with Crippen molar-refractivity contribution in [3.05, 3.63) is 95.1 Å². The van der Waals surface area contributed by atoms with Crippen molar-refractivity contribution < 1.29 is 19.7 Å². The van der Waals surface area contributed by atoms with Crippen molar-refractivity contribution in [3.63, 3.8) is 0 Å². The molecular formula is C28H25NO4. The number of rotatable bonds is 5. The Balaban J connectivity index is 1.82. The fourth-order valence-corrected chi connectivity index (χ4v) is 4.87. The quantitative estimate of drug-likeness (QED) is 0.333. The zero-order valence-corrected chi connectivity index (χ0v) is 18.6. The Morgan fingerprint density at radius 2 is 1.67 bits per heavy atom. The van der Waals surface area contributed by atoms with E-state index in [1.54, 1.807) is 24.3 Å². The molecule has 1 unspecified atom stereocenters. The van der Waals surface area contributed by atoms with Crippen LogP contribution in [0.5, 0.6) is 17.2 Å². The number of benzene rings is 4. The molecule has 0 saturated heterocycles. The van der Waals surface area contributed by atoms with Crippen molar-refractivity contribution in [2.75, 3.05) is 18.0 Å². The lowest BCUT2D eigenvalue weighted by Crippen LogP contribution is -2.22. The fourth-order valence-electron chi connectivity index (χ4n) is 4.87. The number of phenols is 1. The van der Waals surface area contributed by atoms with Gasteiger partial charge in [0.25, 0.3) is 0 Å². The summed E-state index contributed by atoms with van der Waals surface area (Å²) < 4.78 is 6.40. The van der Waals surface area contributed by atoms with E-state index in [1.807, 2.05) is 42.5 Å². The summed E-state index contributed by atoms with van der Waals surface area (Å²) in [5.74, 6) is 0.221. The number of carboxylic acids is 1. The van der Waals surface area contributed by atoms with E-state index in [0.717, 1.165) is 46.4 Å². The smallest absolute Gasteiger partial charge is 0.335 e. The zero-order valence-electron chi connectivity index (χ0n) is 18.6. The fraction of sp³-hybridized carbons (Fsp3) is 0.179. The molecule has 1 atom stereocenters. The molecule has 0 bridgehead atoms. The first kappa shape index (κ1) is 20.9. The molecule has 0 spiro atoms. The molecule has 2 N–H and O–H groups in total. The van der Waals surface area contributed by atoms with Gasteiger partial charge in [-0.3, -0.25) is 0 Å². The lowest BCUT2D eigenvalue weighted by molar-refractivity contribution is 0.0695. The molecule has 5 nitrogen and oxygen atoms in total. The Morgan fingerprint density at radius 3 is 2.42 bits per heavy atom. The number of fused-ring (bicyclic) bond motifs is 4. The predicted molar refractivity (Wildman–Crippen MR) is 130 cm³/mol. The minimum Gasteiger partial charge on any atom is -0.508 e. The minimum absolute atomic E-state index is 0.156. The van der Waals surface area contributed by atoms with Gasteiger partial charge in [-0.25, -0.2) is 4.79 Å².